The van der Waals surface area contributed by atoms with Crippen LogP contribution in [-0.4, -0.2) is 56.6 Å². The Morgan fingerprint density at radius 1 is 0.939 bits per heavy atom. The van der Waals surface area contributed by atoms with Crippen molar-refractivity contribution in [1.82, 2.24) is 10.2 Å². The third kappa shape index (κ3) is 7.32. The lowest BCUT2D eigenvalue weighted by atomic mass is 10.1. The van der Waals surface area contributed by atoms with Crippen LogP contribution in [0.5, 0.6) is 0 Å². The number of anilines is 1. The van der Waals surface area contributed by atoms with Gasteiger partial charge in [0.1, 0.15) is 12.6 Å². The van der Waals surface area contributed by atoms with E-state index in [-0.39, 0.29) is 18.5 Å². The van der Waals surface area contributed by atoms with Crippen molar-refractivity contribution in [1.29, 1.82) is 0 Å². The molecule has 0 heterocycles. The van der Waals surface area contributed by atoms with E-state index >= 15 is 0 Å². The summed E-state index contributed by atoms with van der Waals surface area (Å²) in [7, 11) is -3.74. The molecule has 0 aliphatic carbocycles. The third-order valence-electron chi connectivity index (χ3n) is 5.45. The van der Waals surface area contributed by atoms with E-state index in [0.717, 1.165) is 27.3 Å². The molecule has 33 heavy (non-hydrogen) atoms. The standard InChI is InChI=1S/C25H35N3O4S/c1-18(2)26-25(30)21(5)27(16-15-22-13-8-7-9-14-22)23(29)17-28(33(6,31)32)24-19(3)11-10-12-20(24)4/h7-14,18,21H,15-17H2,1-6H3,(H,26,30). The first-order valence-electron chi connectivity index (χ1n) is 11.1. The summed E-state index contributed by atoms with van der Waals surface area (Å²) in [5.41, 5.74) is 3.04. The summed E-state index contributed by atoms with van der Waals surface area (Å²) in [5, 5.41) is 2.84. The Hall–Kier alpha value is -2.87. The van der Waals surface area contributed by atoms with E-state index in [4.69, 9.17) is 0 Å². The van der Waals surface area contributed by atoms with Crippen LogP contribution in [-0.2, 0) is 26.0 Å². The molecule has 0 aromatic heterocycles. The highest BCUT2D eigenvalue weighted by atomic mass is 32.2. The lowest BCUT2D eigenvalue weighted by Gasteiger charge is -2.32. The van der Waals surface area contributed by atoms with Crippen LogP contribution in [0.1, 0.15) is 37.5 Å². The molecular formula is C25H35N3O4S. The zero-order chi connectivity index (χ0) is 24.8. The fraction of sp³-hybridized carbons (Fsp3) is 0.440. The molecule has 1 atom stereocenters. The molecule has 1 unspecified atom stereocenters. The number of benzene rings is 2. The van der Waals surface area contributed by atoms with Gasteiger partial charge in [0, 0.05) is 12.6 Å². The second kappa shape index (κ2) is 11.3. The summed E-state index contributed by atoms with van der Waals surface area (Å²) in [6.07, 6.45) is 1.64. The van der Waals surface area contributed by atoms with Crippen LogP contribution in [0.2, 0.25) is 0 Å². The van der Waals surface area contributed by atoms with Crippen LogP contribution < -0.4 is 9.62 Å². The Bertz CT molecular complexity index is 1050. The molecule has 2 amide bonds. The van der Waals surface area contributed by atoms with Crippen LogP contribution >= 0.6 is 0 Å². The summed E-state index contributed by atoms with van der Waals surface area (Å²) in [4.78, 5) is 27.7. The summed E-state index contributed by atoms with van der Waals surface area (Å²) in [6, 6.07) is 14.3. The molecule has 0 saturated carbocycles. The molecule has 0 aliphatic heterocycles. The van der Waals surface area contributed by atoms with Crippen molar-refractivity contribution in [2.45, 2.75) is 53.1 Å². The first kappa shape index (κ1) is 26.4. The van der Waals surface area contributed by atoms with Crippen molar-refractivity contribution in [3.8, 4) is 0 Å². The molecule has 0 spiro atoms. The molecule has 2 rings (SSSR count). The average molecular weight is 474 g/mol. The van der Waals surface area contributed by atoms with E-state index in [2.05, 4.69) is 5.32 Å². The minimum atomic E-state index is -3.74. The number of para-hydroxylation sites is 1. The average Bonchev–Trinajstić information content (AvgIpc) is 2.72. The van der Waals surface area contributed by atoms with E-state index < -0.39 is 22.0 Å². The van der Waals surface area contributed by atoms with Crippen LogP contribution in [0.15, 0.2) is 48.5 Å². The number of sulfonamides is 1. The van der Waals surface area contributed by atoms with E-state index in [0.29, 0.717) is 18.7 Å². The normalized spacial score (nSPS) is 12.3. The number of nitrogens with zero attached hydrogens (tertiary/aromatic N) is 2. The Kier molecular flexibility index (Phi) is 9.05. The summed E-state index contributed by atoms with van der Waals surface area (Å²) >= 11 is 0. The predicted molar refractivity (Wildman–Crippen MR) is 133 cm³/mol. The molecule has 0 aliphatic rings. The topological polar surface area (TPSA) is 86.8 Å². The highest BCUT2D eigenvalue weighted by Gasteiger charge is 2.30. The fourth-order valence-corrected chi connectivity index (χ4v) is 4.71. The molecule has 8 heteroatoms. The maximum Gasteiger partial charge on any atom is 0.244 e. The van der Waals surface area contributed by atoms with Gasteiger partial charge in [0.05, 0.1) is 11.9 Å². The maximum absolute atomic E-state index is 13.5. The second-order valence-corrected chi connectivity index (χ2v) is 10.6. The van der Waals surface area contributed by atoms with Crippen LogP contribution in [0.25, 0.3) is 0 Å². The molecule has 0 saturated heterocycles. The maximum atomic E-state index is 13.5. The van der Waals surface area contributed by atoms with Crippen LogP contribution in [0, 0.1) is 13.8 Å². The number of rotatable bonds is 10. The zero-order valence-corrected chi connectivity index (χ0v) is 21.1. The highest BCUT2D eigenvalue weighted by molar-refractivity contribution is 7.92. The smallest absolute Gasteiger partial charge is 0.244 e. The van der Waals surface area contributed by atoms with Gasteiger partial charge < -0.3 is 10.2 Å². The quantitative estimate of drug-likeness (QED) is 0.575. The molecule has 180 valence electrons. The van der Waals surface area contributed by atoms with Crippen molar-refractivity contribution < 1.29 is 18.0 Å². The number of amides is 2. The van der Waals surface area contributed by atoms with Gasteiger partial charge >= 0.3 is 0 Å². The van der Waals surface area contributed by atoms with E-state index in [1.165, 1.54) is 4.90 Å². The second-order valence-electron chi connectivity index (χ2n) is 8.67. The summed E-state index contributed by atoms with van der Waals surface area (Å²) < 4.78 is 26.5. The first-order chi connectivity index (χ1) is 15.4. The molecule has 2 aromatic rings. The Balaban J connectivity index is 2.37. The molecular weight excluding hydrogens is 438 g/mol. The summed E-state index contributed by atoms with van der Waals surface area (Å²) in [5.74, 6) is -0.699. The van der Waals surface area contributed by atoms with Gasteiger partial charge in [-0.3, -0.25) is 13.9 Å². The highest BCUT2D eigenvalue weighted by Crippen LogP contribution is 2.27. The van der Waals surface area contributed by atoms with Gasteiger partial charge in [0.25, 0.3) is 0 Å². The molecule has 0 bridgehead atoms. The van der Waals surface area contributed by atoms with Crippen molar-refractivity contribution in [3.05, 3.63) is 65.2 Å². The molecule has 2 aromatic carbocycles. The van der Waals surface area contributed by atoms with Gasteiger partial charge in [-0.15, -0.1) is 0 Å². The fourth-order valence-electron chi connectivity index (χ4n) is 3.75. The monoisotopic (exact) mass is 473 g/mol. The number of carbonyl (C=O) groups is 2. The van der Waals surface area contributed by atoms with Gasteiger partial charge in [0.2, 0.25) is 21.8 Å². The SMILES string of the molecule is Cc1cccc(C)c1N(CC(=O)N(CCc1ccccc1)C(C)C(=O)NC(C)C)S(C)(=O)=O. The minimum Gasteiger partial charge on any atom is -0.352 e. The number of hydrogen-bond donors (Lipinski definition) is 1. The lowest BCUT2D eigenvalue weighted by molar-refractivity contribution is -0.139. The minimum absolute atomic E-state index is 0.0758. The number of carbonyl (C=O) groups excluding carboxylic acids is 2. The molecule has 0 fully saturated rings. The first-order valence-corrected chi connectivity index (χ1v) is 12.9. The Morgan fingerprint density at radius 3 is 2.03 bits per heavy atom. The van der Waals surface area contributed by atoms with E-state index in [9.17, 15) is 18.0 Å². The van der Waals surface area contributed by atoms with Gasteiger partial charge in [-0.1, -0.05) is 48.5 Å². The number of hydrogen-bond acceptors (Lipinski definition) is 4. The Morgan fingerprint density at radius 2 is 1.52 bits per heavy atom. The van der Waals surface area contributed by atoms with Gasteiger partial charge in [-0.05, 0) is 57.7 Å². The van der Waals surface area contributed by atoms with Gasteiger partial charge in [0.15, 0.2) is 0 Å². The van der Waals surface area contributed by atoms with Crippen LogP contribution in [0.4, 0.5) is 5.69 Å². The molecule has 7 nitrogen and oxygen atoms in total. The van der Waals surface area contributed by atoms with Crippen molar-refractivity contribution in [2.75, 3.05) is 23.7 Å². The van der Waals surface area contributed by atoms with Gasteiger partial charge in [-0.2, -0.15) is 0 Å². The van der Waals surface area contributed by atoms with Crippen LogP contribution in [0.3, 0.4) is 0 Å². The third-order valence-corrected chi connectivity index (χ3v) is 6.56. The molecule has 1 N–H and O–H groups in total. The largest absolute Gasteiger partial charge is 0.352 e. The lowest BCUT2D eigenvalue weighted by Crippen LogP contribution is -2.53. The van der Waals surface area contributed by atoms with E-state index in [1.54, 1.807) is 6.92 Å². The molecule has 0 radical (unpaired) electrons. The number of nitrogens with one attached hydrogen (secondary N) is 1. The zero-order valence-electron chi connectivity index (χ0n) is 20.3. The van der Waals surface area contributed by atoms with Crippen molar-refractivity contribution in [3.63, 3.8) is 0 Å². The van der Waals surface area contributed by atoms with Crippen molar-refractivity contribution >= 4 is 27.5 Å². The number of aryl methyl sites for hydroxylation is 2. The van der Waals surface area contributed by atoms with E-state index in [1.807, 2.05) is 76.2 Å². The van der Waals surface area contributed by atoms with Crippen molar-refractivity contribution in [2.24, 2.45) is 0 Å². The Labute approximate surface area is 197 Å². The van der Waals surface area contributed by atoms with Gasteiger partial charge in [-0.25, -0.2) is 8.42 Å². The predicted octanol–water partition coefficient (Wildman–Crippen LogP) is 3.05. The summed E-state index contributed by atoms with van der Waals surface area (Å²) in [6.45, 7) is 8.93.